The zero-order valence-corrected chi connectivity index (χ0v) is 19.1. The van der Waals surface area contributed by atoms with Gasteiger partial charge in [0.2, 0.25) is 0 Å². The number of nitrogens with zero attached hydrogens (tertiary/aromatic N) is 1. The van der Waals surface area contributed by atoms with Crippen LogP contribution in [0.15, 0.2) is 48.5 Å². The second-order valence-electron chi connectivity index (χ2n) is 7.87. The van der Waals surface area contributed by atoms with Crippen molar-refractivity contribution in [3.8, 4) is 5.75 Å². The smallest absolute Gasteiger partial charge is 0.251 e. The van der Waals surface area contributed by atoms with Crippen LogP contribution in [-0.4, -0.2) is 57.7 Å². The van der Waals surface area contributed by atoms with Crippen LogP contribution in [0.1, 0.15) is 35.7 Å². The summed E-state index contributed by atoms with van der Waals surface area (Å²) in [6.07, 6.45) is 1.09. The lowest BCUT2D eigenvalue weighted by Gasteiger charge is -2.47. The maximum Gasteiger partial charge on any atom is 0.251 e. The molecule has 1 heterocycles. The van der Waals surface area contributed by atoms with Crippen LogP contribution in [0.3, 0.4) is 0 Å². The van der Waals surface area contributed by atoms with Crippen molar-refractivity contribution in [3.05, 3.63) is 59.7 Å². The summed E-state index contributed by atoms with van der Waals surface area (Å²) in [4.78, 5) is 13.2. The van der Waals surface area contributed by atoms with Crippen molar-refractivity contribution >= 4 is 22.4 Å². The molecule has 0 radical (unpaired) electrons. The Kier molecular flexibility index (Phi) is 8.38. The molecule has 6 N–H and O–H groups in total. The Hall–Kier alpha value is -2.30. The maximum atomic E-state index is 13.2. The highest BCUT2D eigenvalue weighted by molar-refractivity contribution is 8.25. The SMILES string of the molecule is CCOc1cc(C(=O)N[C@@H](Cc2ccccc2)[C@@H](O)CN)cc(N2CCCCS2(O)O)c1. The van der Waals surface area contributed by atoms with E-state index in [2.05, 4.69) is 5.32 Å². The van der Waals surface area contributed by atoms with Gasteiger partial charge in [0, 0.05) is 24.7 Å². The van der Waals surface area contributed by atoms with Gasteiger partial charge in [-0.3, -0.25) is 18.2 Å². The molecule has 176 valence electrons. The number of rotatable bonds is 9. The number of aliphatic hydroxyl groups excluding tert-OH is 1. The van der Waals surface area contributed by atoms with Gasteiger partial charge in [0.15, 0.2) is 0 Å². The zero-order chi connectivity index (χ0) is 23.1. The summed E-state index contributed by atoms with van der Waals surface area (Å²) in [6.45, 7) is 2.75. The summed E-state index contributed by atoms with van der Waals surface area (Å²) in [6, 6.07) is 13.9. The van der Waals surface area contributed by atoms with Crippen LogP contribution in [0.5, 0.6) is 5.75 Å². The van der Waals surface area contributed by atoms with E-state index in [1.54, 1.807) is 22.5 Å². The highest BCUT2D eigenvalue weighted by Gasteiger charge is 2.28. The number of carbonyl (C=O) groups is 1. The fourth-order valence-corrected chi connectivity index (χ4v) is 5.46. The molecule has 0 bridgehead atoms. The van der Waals surface area contributed by atoms with Crippen LogP contribution in [0, 0.1) is 0 Å². The van der Waals surface area contributed by atoms with Crippen LogP contribution in [0.4, 0.5) is 5.69 Å². The van der Waals surface area contributed by atoms with E-state index in [4.69, 9.17) is 10.5 Å². The van der Waals surface area contributed by atoms with E-state index in [0.717, 1.165) is 18.4 Å². The highest BCUT2D eigenvalue weighted by Crippen LogP contribution is 2.50. The van der Waals surface area contributed by atoms with Crippen molar-refractivity contribution in [3.63, 3.8) is 0 Å². The molecule has 1 fully saturated rings. The third-order valence-corrected chi connectivity index (χ3v) is 7.39. The monoisotopic (exact) mass is 463 g/mol. The molecule has 0 aliphatic carbocycles. The Morgan fingerprint density at radius 2 is 1.97 bits per heavy atom. The predicted octanol–water partition coefficient (Wildman–Crippen LogP) is 3.01. The fraction of sp³-hybridized carbons (Fsp3) is 0.435. The number of amides is 1. The molecule has 9 heteroatoms. The quantitative estimate of drug-likeness (QED) is 0.387. The molecule has 0 saturated carbocycles. The number of aliphatic hydroxyl groups is 1. The summed E-state index contributed by atoms with van der Waals surface area (Å²) in [5.41, 5.74) is 7.49. The van der Waals surface area contributed by atoms with Gasteiger partial charge >= 0.3 is 0 Å². The molecule has 1 aliphatic heterocycles. The molecule has 2 aromatic rings. The number of hydrogen-bond donors (Lipinski definition) is 5. The minimum atomic E-state index is -2.94. The van der Waals surface area contributed by atoms with Gasteiger partial charge in [-0.05, 0) is 43.9 Å². The van der Waals surface area contributed by atoms with E-state index in [1.807, 2.05) is 37.3 Å². The Morgan fingerprint density at radius 3 is 2.62 bits per heavy atom. The number of anilines is 1. The first-order chi connectivity index (χ1) is 15.3. The number of benzene rings is 2. The maximum absolute atomic E-state index is 13.2. The molecule has 2 aromatic carbocycles. The second-order valence-corrected chi connectivity index (χ2v) is 9.98. The topological polar surface area (TPSA) is 128 Å². The normalized spacial score (nSPS) is 18.5. The van der Waals surface area contributed by atoms with Crippen molar-refractivity contribution in [1.82, 2.24) is 5.32 Å². The van der Waals surface area contributed by atoms with E-state index in [0.29, 0.717) is 42.3 Å². The van der Waals surface area contributed by atoms with Crippen LogP contribution >= 0.6 is 10.8 Å². The van der Waals surface area contributed by atoms with E-state index in [1.165, 1.54) is 0 Å². The Morgan fingerprint density at radius 1 is 1.22 bits per heavy atom. The van der Waals surface area contributed by atoms with Crippen molar-refractivity contribution in [2.45, 2.75) is 38.3 Å². The van der Waals surface area contributed by atoms with Gasteiger partial charge in [-0.25, -0.2) is 0 Å². The van der Waals surface area contributed by atoms with Gasteiger partial charge in [0.25, 0.3) is 5.91 Å². The minimum Gasteiger partial charge on any atom is -0.494 e. The zero-order valence-electron chi connectivity index (χ0n) is 18.3. The second kappa shape index (κ2) is 11.0. The van der Waals surface area contributed by atoms with E-state index < -0.39 is 28.8 Å². The van der Waals surface area contributed by atoms with Gasteiger partial charge in [0.05, 0.1) is 30.2 Å². The highest BCUT2D eigenvalue weighted by atomic mass is 32.3. The first-order valence-corrected chi connectivity index (χ1v) is 12.6. The van der Waals surface area contributed by atoms with Gasteiger partial charge < -0.3 is 20.9 Å². The largest absolute Gasteiger partial charge is 0.494 e. The summed E-state index contributed by atoms with van der Waals surface area (Å²) in [5.74, 6) is 0.375. The predicted molar refractivity (Wildman–Crippen MR) is 128 cm³/mol. The number of carbonyl (C=O) groups excluding carboxylic acids is 1. The van der Waals surface area contributed by atoms with Crippen LogP contribution in [0.25, 0.3) is 0 Å². The fourth-order valence-electron chi connectivity index (χ4n) is 3.78. The molecule has 0 unspecified atom stereocenters. The molecule has 3 rings (SSSR count). The summed E-state index contributed by atoms with van der Waals surface area (Å²) >= 11 is 0. The van der Waals surface area contributed by atoms with Crippen molar-refractivity contribution in [1.29, 1.82) is 0 Å². The molecule has 1 saturated heterocycles. The molecular weight excluding hydrogens is 430 g/mol. The van der Waals surface area contributed by atoms with Gasteiger partial charge in [0.1, 0.15) is 5.75 Å². The lowest BCUT2D eigenvalue weighted by Crippen LogP contribution is -2.47. The summed E-state index contributed by atoms with van der Waals surface area (Å²) in [7, 11) is -2.94. The van der Waals surface area contributed by atoms with E-state index in [-0.39, 0.29) is 6.54 Å². The molecule has 1 aliphatic rings. The Balaban J connectivity index is 1.87. The van der Waals surface area contributed by atoms with Crippen LogP contribution < -0.4 is 20.1 Å². The third kappa shape index (κ3) is 6.14. The lowest BCUT2D eigenvalue weighted by atomic mass is 10.0. The lowest BCUT2D eigenvalue weighted by molar-refractivity contribution is 0.0845. The van der Waals surface area contributed by atoms with Crippen molar-refractivity contribution in [2.75, 3.05) is 29.8 Å². The Bertz CT molecular complexity index is 896. The average Bonchev–Trinajstić information content (AvgIpc) is 2.78. The van der Waals surface area contributed by atoms with Gasteiger partial charge in [-0.15, -0.1) is 10.8 Å². The standard InChI is InChI=1S/C23H33N3O5S/c1-2-31-20-14-18(13-19(15-20)26-10-6-7-11-32(26,29)30)23(28)25-21(22(27)16-24)12-17-8-4-3-5-9-17/h3-5,8-9,13-15,21-22,27,29-30H,2,6-7,10-12,16,24H2,1H3,(H,25,28)/t21-,22-/m0/s1. The summed E-state index contributed by atoms with van der Waals surface area (Å²) < 4.78 is 28.3. The number of ether oxygens (including phenoxy) is 1. The van der Waals surface area contributed by atoms with Crippen molar-refractivity contribution < 1.29 is 23.7 Å². The molecule has 0 spiro atoms. The first kappa shape index (κ1) is 24.3. The first-order valence-electron chi connectivity index (χ1n) is 10.9. The van der Waals surface area contributed by atoms with E-state index >= 15 is 0 Å². The third-order valence-electron chi connectivity index (χ3n) is 5.46. The van der Waals surface area contributed by atoms with Crippen LogP contribution in [0.2, 0.25) is 0 Å². The minimum absolute atomic E-state index is 0.0106. The van der Waals surface area contributed by atoms with E-state index in [9.17, 15) is 19.0 Å². The van der Waals surface area contributed by atoms with Crippen molar-refractivity contribution in [2.24, 2.45) is 5.73 Å². The summed E-state index contributed by atoms with van der Waals surface area (Å²) in [5, 5.41) is 13.3. The molecule has 1 amide bonds. The molecule has 8 nitrogen and oxygen atoms in total. The number of nitrogens with one attached hydrogen (secondary N) is 1. The molecule has 2 atom stereocenters. The molecular formula is C23H33N3O5S. The average molecular weight is 464 g/mol. The molecule has 0 aromatic heterocycles. The Labute approximate surface area is 190 Å². The van der Waals surface area contributed by atoms with Gasteiger partial charge in [-0.1, -0.05) is 30.3 Å². The van der Waals surface area contributed by atoms with Crippen LogP contribution in [-0.2, 0) is 6.42 Å². The number of hydrogen-bond acceptors (Lipinski definition) is 7. The van der Waals surface area contributed by atoms with Gasteiger partial charge in [-0.2, -0.15) is 0 Å². The number of nitrogens with two attached hydrogens (primary N) is 1. The molecule has 32 heavy (non-hydrogen) atoms.